The normalized spacial score (nSPS) is 23.5. The molecule has 1 atom stereocenters. The minimum Gasteiger partial charge on any atom is -0.335 e. The maximum absolute atomic E-state index is 13.5. The monoisotopic (exact) mass is 359 g/mol. The second-order valence-corrected chi connectivity index (χ2v) is 7.85. The first-order valence-electron chi connectivity index (χ1n) is 9.70. The molecule has 2 aliphatic heterocycles. The summed E-state index contributed by atoms with van der Waals surface area (Å²) in [6, 6.07) is 5.19. The van der Waals surface area contributed by atoms with Crippen LogP contribution in [0.15, 0.2) is 18.2 Å². The summed E-state index contributed by atoms with van der Waals surface area (Å²) in [5.74, 6) is -0.202. The molecule has 1 aliphatic carbocycles. The summed E-state index contributed by atoms with van der Waals surface area (Å²) in [4.78, 5) is 29.0. The van der Waals surface area contributed by atoms with Crippen LogP contribution < -0.4 is 10.2 Å². The molecule has 3 aliphatic rings. The van der Waals surface area contributed by atoms with Gasteiger partial charge in [0.15, 0.2) is 0 Å². The van der Waals surface area contributed by atoms with Gasteiger partial charge in [0.2, 0.25) is 5.91 Å². The number of carbonyl (C=O) groups is 2. The number of amides is 3. The zero-order chi connectivity index (χ0) is 18.3. The molecular formula is C20H26FN3O2. The number of halogens is 1. The summed E-state index contributed by atoms with van der Waals surface area (Å²) in [5, 5.41) is 3.01. The van der Waals surface area contributed by atoms with Crippen molar-refractivity contribution in [3.05, 3.63) is 29.6 Å². The Morgan fingerprint density at radius 1 is 1.12 bits per heavy atom. The molecule has 140 valence electrons. The van der Waals surface area contributed by atoms with Crippen molar-refractivity contribution in [2.45, 2.75) is 57.5 Å². The molecule has 1 N–H and O–H groups in total. The molecule has 0 radical (unpaired) electrons. The summed E-state index contributed by atoms with van der Waals surface area (Å²) in [6.45, 7) is 3.29. The Labute approximate surface area is 153 Å². The van der Waals surface area contributed by atoms with Crippen LogP contribution >= 0.6 is 0 Å². The van der Waals surface area contributed by atoms with Crippen LogP contribution in [0.2, 0.25) is 0 Å². The Balaban J connectivity index is 1.42. The first-order chi connectivity index (χ1) is 12.5. The number of benzene rings is 1. The second kappa shape index (κ2) is 6.89. The number of likely N-dealkylation sites (tertiary alicyclic amines) is 1. The van der Waals surface area contributed by atoms with Crippen molar-refractivity contribution in [2.24, 2.45) is 5.92 Å². The zero-order valence-electron chi connectivity index (χ0n) is 15.2. The number of urea groups is 1. The molecule has 0 aromatic heterocycles. The third-order valence-electron chi connectivity index (χ3n) is 5.85. The lowest BCUT2D eigenvalue weighted by Gasteiger charge is -2.39. The predicted octanol–water partition coefficient (Wildman–Crippen LogP) is 3.08. The zero-order valence-corrected chi connectivity index (χ0v) is 15.2. The van der Waals surface area contributed by atoms with E-state index >= 15 is 0 Å². The molecule has 1 aromatic rings. The molecule has 26 heavy (non-hydrogen) atoms. The molecule has 1 saturated carbocycles. The quantitative estimate of drug-likeness (QED) is 0.882. The Hall–Kier alpha value is -2.11. The lowest BCUT2D eigenvalue weighted by Crippen LogP contribution is -2.50. The molecule has 0 spiro atoms. The number of nitrogens with zero attached hydrogens (tertiary/aromatic N) is 2. The maximum Gasteiger partial charge on any atom is 0.317 e. The number of piperidine rings is 1. The number of aryl methyl sites for hydroxylation is 1. The van der Waals surface area contributed by atoms with Gasteiger partial charge in [0, 0.05) is 36.8 Å². The van der Waals surface area contributed by atoms with Gasteiger partial charge in [-0.15, -0.1) is 0 Å². The lowest BCUT2D eigenvalue weighted by atomic mass is 9.91. The van der Waals surface area contributed by atoms with E-state index in [1.807, 2.05) is 9.80 Å². The largest absolute Gasteiger partial charge is 0.335 e. The summed E-state index contributed by atoms with van der Waals surface area (Å²) in [7, 11) is 0. The molecule has 3 amide bonds. The minimum absolute atomic E-state index is 0.00515. The van der Waals surface area contributed by atoms with E-state index in [4.69, 9.17) is 0 Å². The van der Waals surface area contributed by atoms with Crippen molar-refractivity contribution in [1.82, 2.24) is 10.2 Å². The highest BCUT2D eigenvalue weighted by Crippen LogP contribution is 2.34. The van der Waals surface area contributed by atoms with Crippen molar-refractivity contribution in [3.8, 4) is 0 Å². The fraction of sp³-hybridized carbons (Fsp3) is 0.600. The topological polar surface area (TPSA) is 52.7 Å². The molecular weight excluding hydrogens is 333 g/mol. The number of hydrogen-bond donors (Lipinski definition) is 1. The van der Waals surface area contributed by atoms with Crippen LogP contribution in [0.5, 0.6) is 0 Å². The van der Waals surface area contributed by atoms with E-state index in [0.717, 1.165) is 36.9 Å². The number of rotatable bonds is 2. The molecule has 1 aromatic carbocycles. The number of fused-ring (bicyclic) bond motifs is 1. The molecule has 0 bridgehead atoms. The third kappa shape index (κ3) is 3.41. The van der Waals surface area contributed by atoms with E-state index in [9.17, 15) is 14.0 Å². The van der Waals surface area contributed by atoms with Gasteiger partial charge >= 0.3 is 6.03 Å². The highest BCUT2D eigenvalue weighted by atomic mass is 19.1. The van der Waals surface area contributed by atoms with Gasteiger partial charge in [-0.25, -0.2) is 9.18 Å². The Morgan fingerprint density at radius 2 is 1.85 bits per heavy atom. The molecule has 2 fully saturated rings. The second-order valence-electron chi connectivity index (χ2n) is 7.85. The molecule has 2 heterocycles. The van der Waals surface area contributed by atoms with Gasteiger partial charge in [-0.05, 0) is 69.2 Å². The van der Waals surface area contributed by atoms with E-state index in [1.54, 1.807) is 12.1 Å². The number of carbonyl (C=O) groups excluding carboxylic acids is 2. The third-order valence-corrected chi connectivity index (χ3v) is 5.85. The summed E-state index contributed by atoms with van der Waals surface area (Å²) in [5.41, 5.74) is 1.77. The summed E-state index contributed by atoms with van der Waals surface area (Å²) >= 11 is 0. The van der Waals surface area contributed by atoms with E-state index in [1.165, 1.54) is 6.07 Å². The van der Waals surface area contributed by atoms with Gasteiger partial charge in [-0.1, -0.05) is 0 Å². The molecule has 4 rings (SSSR count). The fourth-order valence-corrected chi connectivity index (χ4v) is 4.08. The summed E-state index contributed by atoms with van der Waals surface area (Å²) in [6.07, 6.45) is 5.19. The first-order valence-corrected chi connectivity index (χ1v) is 9.70. The van der Waals surface area contributed by atoms with E-state index in [0.29, 0.717) is 32.0 Å². The molecule has 6 heteroatoms. The van der Waals surface area contributed by atoms with Crippen molar-refractivity contribution >= 4 is 17.6 Å². The standard InChI is InChI=1S/C20H26FN3O2/c1-13-2-3-15-12-16(21)4-7-18(15)24(13)19(25)14-8-10-23(11-9-14)20(26)22-17-5-6-17/h4,7,12-14,17H,2-3,5-6,8-11H2,1H3,(H,22,26). The summed E-state index contributed by atoms with van der Waals surface area (Å²) < 4.78 is 13.5. The first kappa shape index (κ1) is 17.3. The Bertz CT molecular complexity index is 711. The van der Waals surface area contributed by atoms with Gasteiger partial charge in [-0.3, -0.25) is 4.79 Å². The van der Waals surface area contributed by atoms with Crippen LogP contribution in [-0.2, 0) is 11.2 Å². The Kier molecular flexibility index (Phi) is 4.59. The van der Waals surface area contributed by atoms with Gasteiger partial charge < -0.3 is 15.1 Å². The van der Waals surface area contributed by atoms with Crippen LogP contribution in [0.1, 0.15) is 44.6 Å². The van der Waals surface area contributed by atoms with Crippen LogP contribution in [0.25, 0.3) is 0 Å². The van der Waals surface area contributed by atoms with Crippen molar-refractivity contribution < 1.29 is 14.0 Å². The number of hydrogen-bond acceptors (Lipinski definition) is 2. The number of anilines is 1. The minimum atomic E-state index is -0.249. The smallest absolute Gasteiger partial charge is 0.317 e. The molecule has 1 unspecified atom stereocenters. The number of nitrogens with one attached hydrogen (secondary N) is 1. The van der Waals surface area contributed by atoms with Gasteiger partial charge in [0.05, 0.1) is 0 Å². The molecule has 5 nitrogen and oxygen atoms in total. The molecule has 1 saturated heterocycles. The van der Waals surface area contributed by atoms with Crippen LogP contribution in [0, 0.1) is 11.7 Å². The van der Waals surface area contributed by atoms with Crippen molar-refractivity contribution in [1.29, 1.82) is 0 Å². The SMILES string of the molecule is CC1CCc2cc(F)ccc2N1C(=O)C1CCN(C(=O)NC2CC2)CC1. The fourth-order valence-electron chi connectivity index (χ4n) is 4.08. The van der Waals surface area contributed by atoms with Crippen molar-refractivity contribution in [3.63, 3.8) is 0 Å². The van der Waals surface area contributed by atoms with Crippen LogP contribution in [0.3, 0.4) is 0 Å². The van der Waals surface area contributed by atoms with Gasteiger partial charge in [0.1, 0.15) is 5.82 Å². The van der Waals surface area contributed by atoms with Gasteiger partial charge in [-0.2, -0.15) is 0 Å². The maximum atomic E-state index is 13.5. The van der Waals surface area contributed by atoms with Crippen LogP contribution in [0.4, 0.5) is 14.9 Å². The predicted molar refractivity (Wildman–Crippen MR) is 97.5 cm³/mol. The Morgan fingerprint density at radius 3 is 2.54 bits per heavy atom. The van der Waals surface area contributed by atoms with Crippen LogP contribution in [-0.4, -0.2) is 42.0 Å². The highest BCUT2D eigenvalue weighted by Gasteiger charge is 2.36. The average molecular weight is 359 g/mol. The highest BCUT2D eigenvalue weighted by molar-refractivity contribution is 5.97. The van der Waals surface area contributed by atoms with E-state index in [-0.39, 0.29) is 29.7 Å². The van der Waals surface area contributed by atoms with Crippen molar-refractivity contribution in [2.75, 3.05) is 18.0 Å². The lowest BCUT2D eigenvalue weighted by molar-refractivity contribution is -0.124. The average Bonchev–Trinajstić information content (AvgIpc) is 3.45. The van der Waals surface area contributed by atoms with E-state index in [2.05, 4.69) is 12.2 Å². The van der Waals surface area contributed by atoms with Gasteiger partial charge in [0.25, 0.3) is 0 Å². The van der Waals surface area contributed by atoms with E-state index < -0.39 is 0 Å².